The Labute approximate surface area is 136 Å². The molecule has 0 amide bonds. The normalized spacial score (nSPS) is 26.9. The monoisotopic (exact) mass is 321 g/mol. The lowest BCUT2D eigenvalue weighted by atomic mass is 9.88. The van der Waals surface area contributed by atoms with Gasteiger partial charge in [0, 0.05) is 18.4 Å². The zero-order valence-corrected chi connectivity index (χ0v) is 12.9. The van der Waals surface area contributed by atoms with Gasteiger partial charge in [0.25, 0.3) is 0 Å². The molecular formula is C18H15N3O3. The second-order valence-corrected chi connectivity index (χ2v) is 6.58. The first-order valence-electron chi connectivity index (χ1n) is 8.08. The lowest BCUT2D eigenvalue weighted by Crippen LogP contribution is -2.40. The summed E-state index contributed by atoms with van der Waals surface area (Å²) < 4.78 is 4.26. The quantitative estimate of drug-likeness (QED) is 0.795. The fourth-order valence-corrected chi connectivity index (χ4v) is 4.41. The number of ketones is 1. The van der Waals surface area contributed by atoms with Gasteiger partial charge in [0.15, 0.2) is 5.78 Å². The Morgan fingerprint density at radius 3 is 2.62 bits per heavy atom. The van der Waals surface area contributed by atoms with Gasteiger partial charge >= 0.3 is 11.4 Å². The third kappa shape index (κ3) is 1.43. The molecule has 1 saturated carbocycles. The predicted octanol–water partition coefficient (Wildman–Crippen LogP) is 1.30. The van der Waals surface area contributed by atoms with Crippen molar-refractivity contribution in [2.75, 3.05) is 0 Å². The molecule has 24 heavy (non-hydrogen) atoms. The second-order valence-electron chi connectivity index (χ2n) is 6.58. The zero-order valence-electron chi connectivity index (χ0n) is 12.9. The van der Waals surface area contributed by atoms with Crippen molar-refractivity contribution in [2.45, 2.75) is 30.8 Å². The summed E-state index contributed by atoms with van der Waals surface area (Å²) in [5, 5.41) is 0. The first-order valence-corrected chi connectivity index (χ1v) is 8.08. The molecule has 1 spiro atoms. The van der Waals surface area contributed by atoms with Crippen molar-refractivity contribution in [1.29, 1.82) is 0 Å². The first kappa shape index (κ1) is 13.5. The van der Waals surface area contributed by atoms with E-state index in [1.165, 1.54) is 13.9 Å². The molecule has 2 aliphatic carbocycles. The SMILES string of the molecule is O=C1CCC23CC(C=CC=C12)n1c(=O)n(-c2ccccc2)c(=O)n13. The molecule has 6 heteroatoms. The Morgan fingerprint density at radius 1 is 1.04 bits per heavy atom. The van der Waals surface area contributed by atoms with Crippen molar-refractivity contribution < 1.29 is 4.79 Å². The molecule has 120 valence electrons. The van der Waals surface area contributed by atoms with Crippen LogP contribution < -0.4 is 11.4 Å². The van der Waals surface area contributed by atoms with Crippen molar-refractivity contribution in [2.24, 2.45) is 0 Å². The minimum absolute atomic E-state index is 0.0700. The number of nitrogens with zero attached hydrogens (tertiary/aromatic N) is 3. The number of hydrogen-bond donors (Lipinski definition) is 0. The van der Waals surface area contributed by atoms with E-state index in [9.17, 15) is 14.4 Å². The van der Waals surface area contributed by atoms with Crippen LogP contribution in [0.15, 0.2) is 63.7 Å². The third-order valence-electron chi connectivity index (χ3n) is 5.42. The van der Waals surface area contributed by atoms with Crippen molar-refractivity contribution in [3.63, 3.8) is 0 Å². The molecule has 0 N–H and O–H groups in total. The smallest absolute Gasteiger partial charge is 0.294 e. The van der Waals surface area contributed by atoms with Crippen LogP contribution in [-0.2, 0) is 10.3 Å². The molecule has 0 radical (unpaired) electrons. The summed E-state index contributed by atoms with van der Waals surface area (Å²) in [4.78, 5) is 38.4. The standard InChI is InChI=1S/C18H15N3O3/c22-15-9-10-18-11-13(7-4-8-14(15)18)20-16(23)19(17(24)21(18)20)12-5-2-1-3-6-12/h1-8,13H,9-11H2. The highest BCUT2D eigenvalue weighted by Gasteiger charge is 2.54. The van der Waals surface area contributed by atoms with Gasteiger partial charge in [-0.15, -0.1) is 0 Å². The van der Waals surface area contributed by atoms with Crippen molar-refractivity contribution in [3.8, 4) is 5.69 Å². The molecule has 2 heterocycles. The fourth-order valence-electron chi connectivity index (χ4n) is 4.41. The van der Waals surface area contributed by atoms with Crippen LogP contribution in [0.4, 0.5) is 0 Å². The number of Topliss-reactive ketones (excluding diaryl/α,β-unsaturated/α-hetero) is 1. The van der Waals surface area contributed by atoms with Gasteiger partial charge in [-0.25, -0.2) is 23.5 Å². The molecule has 5 rings (SSSR count). The Balaban J connectivity index is 1.87. The van der Waals surface area contributed by atoms with E-state index in [1.54, 1.807) is 24.3 Å². The van der Waals surface area contributed by atoms with E-state index >= 15 is 0 Å². The predicted molar refractivity (Wildman–Crippen MR) is 87.4 cm³/mol. The second kappa shape index (κ2) is 4.35. The van der Waals surface area contributed by atoms with Crippen LogP contribution in [-0.4, -0.2) is 19.7 Å². The van der Waals surface area contributed by atoms with Gasteiger partial charge in [-0.05, 0) is 18.6 Å². The maximum absolute atomic E-state index is 13.1. The summed E-state index contributed by atoms with van der Waals surface area (Å²) in [5.74, 6) is 0.0700. The Morgan fingerprint density at radius 2 is 1.83 bits per heavy atom. The van der Waals surface area contributed by atoms with Crippen LogP contribution in [0.5, 0.6) is 0 Å². The van der Waals surface area contributed by atoms with Crippen molar-refractivity contribution >= 4 is 5.78 Å². The summed E-state index contributed by atoms with van der Waals surface area (Å²) >= 11 is 0. The van der Waals surface area contributed by atoms with Crippen LogP contribution in [0, 0.1) is 0 Å². The maximum Gasteiger partial charge on any atom is 0.352 e. The average Bonchev–Trinajstić information content (AvgIpc) is 3.09. The molecule has 1 fully saturated rings. The summed E-state index contributed by atoms with van der Waals surface area (Å²) in [7, 11) is 0. The largest absolute Gasteiger partial charge is 0.352 e. The van der Waals surface area contributed by atoms with Gasteiger partial charge < -0.3 is 0 Å². The third-order valence-corrected chi connectivity index (χ3v) is 5.42. The molecule has 6 nitrogen and oxygen atoms in total. The van der Waals surface area contributed by atoms with Crippen LogP contribution in [0.2, 0.25) is 0 Å². The minimum atomic E-state index is -0.679. The van der Waals surface area contributed by atoms with E-state index in [4.69, 9.17) is 0 Å². The van der Waals surface area contributed by atoms with E-state index < -0.39 is 5.54 Å². The van der Waals surface area contributed by atoms with Crippen LogP contribution in [0.1, 0.15) is 25.3 Å². The number of allylic oxidation sites excluding steroid dienone is 4. The fraction of sp³-hybridized carbons (Fsp3) is 0.278. The molecule has 2 aromatic rings. The summed E-state index contributed by atoms with van der Waals surface area (Å²) in [6.07, 6.45) is 7.15. The molecule has 2 atom stereocenters. The van der Waals surface area contributed by atoms with E-state index in [0.717, 1.165) is 0 Å². The summed E-state index contributed by atoms with van der Waals surface area (Å²) in [6.45, 7) is 0. The molecule has 3 aliphatic rings. The lowest BCUT2D eigenvalue weighted by molar-refractivity contribution is -0.114. The number of benzene rings is 1. The number of carbonyl (C=O) groups is 1. The number of rotatable bonds is 1. The molecule has 1 aromatic carbocycles. The Kier molecular flexibility index (Phi) is 2.45. The van der Waals surface area contributed by atoms with Gasteiger partial charge in [0.2, 0.25) is 0 Å². The van der Waals surface area contributed by atoms with E-state index in [-0.39, 0.29) is 23.2 Å². The highest BCUT2D eigenvalue weighted by atomic mass is 16.2. The molecule has 2 unspecified atom stereocenters. The number of carbonyl (C=O) groups excluding carboxylic acids is 1. The molecule has 1 aliphatic heterocycles. The number of aromatic nitrogens is 3. The number of hydrogen-bond acceptors (Lipinski definition) is 3. The topological polar surface area (TPSA) is 66.0 Å². The Hall–Kier alpha value is -2.89. The van der Waals surface area contributed by atoms with Crippen molar-refractivity contribution in [1.82, 2.24) is 13.9 Å². The van der Waals surface area contributed by atoms with E-state index in [0.29, 0.717) is 30.5 Å². The molecule has 2 bridgehead atoms. The van der Waals surface area contributed by atoms with Gasteiger partial charge in [-0.3, -0.25) is 4.79 Å². The first-order chi connectivity index (χ1) is 11.6. The van der Waals surface area contributed by atoms with Crippen LogP contribution >= 0.6 is 0 Å². The number of para-hydroxylation sites is 1. The molecular weight excluding hydrogens is 306 g/mol. The van der Waals surface area contributed by atoms with Gasteiger partial charge in [0.1, 0.15) is 0 Å². The van der Waals surface area contributed by atoms with Crippen LogP contribution in [0.3, 0.4) is 0 Å². The average molecular weight is 321 g/mol. The van der Waals surface area contributed by atoms with E-state index in [2.05, 4.69) is 0 Å². The van der Waals surface area contributed by atoms with Gasteiger partial charge in [-0.2, -0.15) is 0 Å². The zero-order chi connectivity index (χ0) is 16.5. The van der Waals surface area contributed by atoms with E-state index in [1.807, 2.05) is 24.3 Å². The highest BCUT2D eigenvalue weighted by molar-refractivity contribution is 6.00. The summed E-state index contributed by atoms with van der Waals surface area (Å²) in [5.41, 5.74) is -0.196. The molecule has 0 saturated heterocycles. The highest BCUT2D eigenvalue weighted by Crippen LogP contribution is 2.49. The number of fused-ring (bicyclic) bond motifs is 3. The minimum Gasteiger partial charge on any atom is -0.294 e. The van der Waals surface area contributed by atoms with Gasteiger partial charge in [-0.1, -0.05) is 36.4 Å². The van der Waals surface area contributed by atoms with Gasteiger partial charge in [0.05, 0.1) is 17.3 Å². The maximum atomic E-state index is 13.1. The van der Waals surface area contributed by atoms with Crippen LogP contribution in [0.25, 0.3) is 5.69 Å². The summed E-state index contributed by atoms with van der Waals surface area (Å²) in [6, 6.07) is 8.72. The molecule has 1 aromatic heterocycles. The van der Waals surface area contributed by atoms with Crippen molar-refractivity contribution in [3.05, 3.63) is 75.1 Å². The lowest BCUT2D eigenvalue weighted by Gasteiger charge is -2.24. The Bertz CT molecular complexity index is 1050.